The second-order valence-corrected chi connectivity index (χ2v) is 4.69. The van der Waals surface area contributed by atoms with Gasteiger partial charge in [0, 0.05) is 0 Å². The molecule has 0 fully saturated rings. The van der Waals surface area contributed by atoms with E-state index < -0.39 is 6.10 Å². The number of aryl methyl sites for hydroxylation is 2. The van der Waals surface area contributed by atoms with E-state index in [-0.39, 0.29) is 5.38 Å². The van der Waals surface area contributed by atoms with E-state index in [1.165, 1.54) is 24.0 Å². The first-order chi connectivity index (χ1) is 6.68. The molecule has 1 aromatic carbocycles. The first-order valence-corrected chi connectivity index (χ1v) is 5.56. The van der Waals surface area contributed by atoms with Crippen molar-refractivity contribution in [2.45, 2.75) is 37.7 Å². The summed E-state index contributed by atoms with van der Waals surface area (Å²) in [7, 11) is 0. The lowest BCUT2D eigenvalue weighted by Gasteiger charge is -2.14. The molecule has 0 aliphatic heterocycles. The zero-order chi connectivity index (χ0) is 10.1. The van der Waals surface area contributed by atoms with Crippen LogP contribution >= 0.6 is 11.6 Å². The number of fused-ring (bicyclic) bond motifs is 1. The van der Waals surface area contributed by atoms with E-state index in [9.17, 15) is 5.11 Å². The van der Waals surface area contributed by atoms with Gasteiger partial charge in [-0.25, -0.2) is 0 Å². The van der Waals surface area contributed by atoms with Crippen LogP contribution in [-0.2, 0) is 12.8 Å². The molecule has 0 amide bonds. The molecular formula is C12H15ClO. The van der Waals surface area contributed by atoms with E-state index in [4.69, 9.17) is 11.6 Å². The van der Waals surface area contributed by atoms with Crippen LogP contribution in [0.5, 0.6) is 0 Å². The van der Waals surface area contributed by atoms with Gasteiger partial charge in [0.15, 0.2) is 0 Å². The van der Waals surface area contributed by atoms with Crippen LogP contribution in [0.15, 0.2) is 18.2 Å². The molecule has 1 aromatic rings. The third-order valence-corrected chi connectivity index (χ3v) is 3.14. The predicted octanol–water partition coefficient (Wildman–Crippen LogP) is 2.84. The lowest BCUT2D eigenvalue weighted by molar-refractivity contribution is 0.177. The van der Waals surface area contributed by atoms with Crippen LogP contribution in [0.4, 0.5) is 0 Å². The summed E-state index contributed by atoms with van der Waals surface area (Å²) < 4.78 is 0. The van der Waals surface area contributed by atoms with Crippen LogP contribution < -0.4 is 0 Å². The summed E-state index contributed by atoms with van der Waals surface area (Å²) in [6, 6.07) is 6.22. The van der Waals surface area contributed by atoms with Gasteiger partial charge in [0.1, 0.15) is 0 Å². The lowest BCUT2D eigenvalue weighted by Crippen LogP contribution is -2.08. The van der Waals surface area contributed by atoms with E-state index >= 15 is 0 Å². The Balaban J connectivity index is 2.28. The monoisotopic (exact) mass is 210 g/mol. The molecule has 0 heterocycles. The van der Waals surface area contributed by atoms with E-state index in [0.29, 0.717) is 0 Å². The average molecular weight is 211 g/mol. The minimum atomic E-state index is -0.539. The van der Waals surface area contributed by atoms with Gasteiger partial charge in [0.05, 0.1) is 11.5 Å². The second-order valence-electron chi connectivity index (χ2n) is 4.00. The van der Waals surface area contributed by atoms with E-state index in [2.05, 4.69) is 12.1 Å². The summed E-state index contributed by atoms with van der Waals surface area (Å²) in [5.74, 6) is 0. The predicted molar refractivity (Wildman–Crippen MR) is 58.7 cm³/mol. The Morgan fingerprint density at radius 1 is 1.29 bits per heavy atom. The van der Waals surface area contributed by atoms with E-state index in [1.807, 2.05) is 13.0 Å². The van der Waals surface area contributed by atoms with Gasteiger partial charge in [-0.05, 0) is 42.9 Å². The highest BCUT2D eigenvalue weighted by atomic mass is 35.5. The molecule has 0 bridgehead atoms. The van der Waals surface area contributed by atoms with Gasteiger partial charge in [-0.15, -0.1) is 11.6 Å². The first kappa shape index (κ1) is 10.0. The quantitative estimate of drug-likeness (QED) is 0.745. The normalized spacial score (nSPS) is 19.1. The molecule has 76 valence electrons. The van der Waals surface area contributed by atoms with Gasteiger partial charge in [0.25, 0.3) is 0 Å². The second kappa shape index (κ2) is 3.92. The van der Waals surface area contributed by atoms with Crippen molar-refractivity contribution in [1.29, 1.82) is 0 Å². The highest BCUT2D eigenvalue weighted by Gasteiger charge is 2.17. The number of benzene rings is 1. The number of aliphatic hydroxyl groups is 1. The number of hydrogen-bond donors (Lipinski definition) is 1. The minimum absolute atomic E-state index is 0.227. The zero-order valence-corrected chi connectivity index (χ0v) is 9.09. The van der Waals surface area contributed by atoms with Crippen LogP contribution in [0.1, 0.15) is 36.1 Å². The number of aliphatic hydroxyl groups excluding tert-OH is 1. The molecule has 0 aromatic heterocycles. The Morgan fingerprint density at radius 3 is 2.71 bits per heavy atom. The van der Waals surface area contributed by atoms with Crippen molar-refractivity contribution in [2.75, 3.05) is 0 Å². The van der Waals surface area contributed by atoms with Crippen LogP contribution in [0.3, 0.4) is 0 Å². The third kappa shape index (κ3) is 1.79. The zero-order valence-electron chi connectivity index (χ0n) is 8.33. The average Bonchev–Trinajstić information content (AvgIpc) is 2.62. The fraction of sp³-hybridized carbons (Fsp3) is 0.500. The summed E-state index contributed by atoms with van der Waals surface area (Å²) in [6.45, 7) is 1.82. The molecule has 0 spiro atoms. The van der Waals surface area contributed by atoms with E-state index in [0.717, 1.165) is 12.0 Å². The molecule has 14 heavy (non-hydrogen) atoms. The fourth-order valence-electron chi connectivity index (χ4n) is 2.04. The van der Waals surface area contributed by atoms with Gasteiger partial charge in [0.2, 0.25) is 0 Å². The molecule has 1 aliphatic carbocycles. The van der Waals surface area contributed by atoms with Gasteiger partial charge < -0.3 is 5.11 Å². The lowest BCUT2D eigenvalue weighted by atomic mass is 10.0. The summed E-state index contributed by atoms with van der Waals surface area (Å²) in [5.41, 5.74) is 3.77. The van der Waals surface area contributed by atoms with Gasteiger partial charge >= 0.3 is 0 Å². The Hall–Kier alpha value is -0.530. The van der Waals surface area contributed by atoms with Crippen LogP contribution in [0.2, 0.25) is 0 Å². The Labute approximate surface area is 89.7 Å². The number of alkyl halides is 1. The highest BCUT2D eigenvalue weighted by molar-refractivity contribution is 6.20. The van der Waals surface area contributed by atoms with Crippen LogP contribution in [-0.4, -0.2) is 10.5 Å². The molecule has 0 saturated carbocycles. The van der Waals surface area contributed by atoms with Crippen molar-refractivity contribution in [1.82, 2.24) is 0 Å². The molecule has 1 nitrogen and oxygen atoms in total. The topological polar surface area (TPSA) is 20.2 Å². The molecule has 2 atom stereocenters. The highest BCUT2D eigenvalue weighted by Crippen LogP contribution is 2.27. The third-order valence-electron chi connectivity index (χ3n) is 2.90. The van der Waals surface area contributed by atoms with Crippen LogP contribution in [0, 0.1) is 0 Å². The SMILES string of the molecule is CC(Cl)C(O)c1ccc2c(c1)CCC2. The van der Waals surface area contributed by atoms with Gasteiger partial charge in [-0.1, -0.05) is 18.2 Å². The Bertz CT molecular complexity index is 333. The Kier molecular flexibility index (Phi) is 2.80. The first-order valence-electron chi connectivity index (χ1n) is 5.12. The summed E-state index contributed by atoms with van der Waals surface area (Å²) in [4.78, 5) is 0. The fourth-order valence-corrected chi connectivity index (χ4v) is 2.19. The molecule has 1 aliphatic rings. The van der Waals surface area contributed by atoms with E-state index in [1.54, 1.807) is 0 Å². The van der Waals surface area contributed by atoms with Gasteiger partial charge in [-0.3, -0.25) is 0 Å². The summed E-state index contributed by atoms with van der Waals surface area (Å²) in [6.07, 6.45) is 3.03. The molecule has 1 N–H and O–H groups in total. The molecule has 2 rings (SSSR count). The summed E-state index contributed by atoms with van der Waals surface area (Å²) in [5, 5.41) is 9.57. The van der Waals surface area contributed by atoms with Crippen molar-refractivity contribution in [3.8, 4) is 0 Å². The van der Waals surface area contributed by atoms with Gasteiger partial charge in [-0.2, -0.15) is 0 Å². The van der Waals surface area contributed by atoms with Crippen molar-refractivity contribution < 1.29 is 5.11 Å². The summed E-state index contributed by atoms with van der Waals surface area (Å²) >= 11 is 5.86. The number of halogens is 1. The maximum atomic E-state index is 9.80. The molecular weight excluding hydrogens is 196 g/mol. The largest absolute Gasteiger partial charge is 0.387 e. The number of rotatable bonds is 2. The number of hydrogen-bond acceptors (Lipinski definition) is 1. The standard InChI is InChI=1S/C12H15ClO/c1-8(13)12(14)11-6-5-9-3-2-4-10(9)7-11/h5-8,12,14H,2-4H2,1H3. The Morgan fingerprint density at radius 2 is 2.00 bits per heavy atom. The molecule has 0 radical (unpaired) electrons. The van der Waals surface area contributed by atoms with Crippen molar-refractivity contribution >= 4 is 11.6 Å². The molecule has 2 unspecified atom stereocenters. The van der Waals surface area contributed by atoms with Crippen molar-refractivity contribution in [3.63, 3.8) is 0 Å². The minimum Gasteiger partial charge on any atom is -0.387 e. The van der Waals surface area contributed by atoms with Crippen molar-refractivity contribution in [3.05, 3.63) is 34.9 Å². The maximum Gasteiger partial charge on any atom is 0.0950 e. The maximum absolute atomic E-state index is 9.80. The molecule has 0 saturated heterocycles. The van der Waals surface area contributed by atoms with Crippen LogP contribution in [0.25, 0.3) is 0 Å². The van der Waals surface area contributed by atoms with Crippen molar-refractivity contribution in [2.24, 2.45) is 0 Å². The molecule has 2 heteroatoms. The smallest absolute Gasteiger partial charge is 0.0950 e.